The molecule has 150 valence electrons. The molecular formula is C22H29N3O3. The van der Waals surface area contributed by atoms with E-state index in [0.717, 1.165) is 32.1 Å². The van der Waals surface area contributed by atoms with E-state index in [0.29, 0.717) is 31.8 Å². The molecule has 0 radical (unpaired) electrons. The van der Waals surface area contributed by atoms with Crippen molar-refractivity contribution in [3.63, 3.8) is 0 Å². The molecule has 6 heteroatoms. The van der Waals surface area contributed by atoms with Gasteiger partial charge in [0.1, 0.15) is 11.6 Å². The van der Waals surface area contributed by atoms with Crippen molar-refractivity contribution in [2.24, 2.45) is 0 Å². The first-order valence-electron chi connectivity index (χ1n) is 10.5. The quantitative estimate of drug-likeness (QED) is 0.816. The lowest BCUT2D eigenvalue weighted by molar-refractivity contribution is -0.142. The molecule has 6 nitrogen and oxygen atoms in total. The monoisotopic (exact) mass is 383 g/mol. The number of hydrogen-bond acceptors (Lipinski definition) is 3. The van der Waals surface area contributed by atoms with Crippen LogP contribution in [0.2, 0.25) is 0 Å². The Bertz CT molecular complexity index is 758. The molecular weight excluding hydrogens is 354 g/mol. The van der Waals surface area contributed by atoms with Gasteiger partial charge in [0.05, 0.1) is 0 Å². The minimum atomic E-state index is -0.761. The average Bonchev–Trinajstić information content (AvgIpc) is 3.16. The fourth-order valence-corrected chi connectivity index (χ4v) is 5.06. The van der Waals surface area contributed by atoms with Crippen LogP contribution in [-0.4, -0.2) is 52.3 Å². The van der Waals surface area contributed by atoms with Crippen molar-refractivity contribution in [1.29, 1.82) is 0 Å². The van der Waals surface area contributed by atoms with Crippen LogP contribution in [0.15, 0.2) is 30.3 Å². The van der Waals surface area contributed by atoms with Gasteiger partial charge < -0.3 is 10.2 Å². The second-order valence-corrected chi connectivity index (χ2v) is 8.43. The van der Waals surface area contributed by atoms with Gasteiger partial charge in [0.25, 0.3) is 5.91 Å². The van der Waals surface area contributed by atoms with Crippen molar-refractivity contribution in [1.82, 2.24) is 15.1 Å². The zero-order valence-corrected chi connectivity index (χ0v) is 16.5. The van der Waals surface area contributed by atoms with Crippen molar-refractivity contribution in [2.45, 2.75) is 69.4 Å². The van der Waals surface area contributed by atoms with Gasteiger partial charge in [-0.05, 0) is 50.5 Å². The van der Waals surface area contributed by atoms with Crippen molar-refractivity contribution in [3.8, 4) is 0 Å². The van der Waals surface area contributed by atoms with Gasteiger partial charge in [-0.15, -0.1) is 0 Å². The summed E-state index contributed by atoms with van der Waals surface area (Å²) in [6.07, 6.45) is 6.13. The molecule has 2 heterocycles. The molecule has 0 unspecified atom stereocenters. The summed E-state index contributed by atoms with van der Waals surface area (Å²) >= 11 is 0. The number of rotatable bonds is 3. The Morgan fingerprint density at radius 2 is 1.79 bits per heavy atom. The van der Waals surface area contributed by atoms with E-state index < -0.39 is 17.6 Å². The number of hydrogen-bond donors (Lipinski definition) is 1. The van der Waals surface area contributed by atoms with E-state index in [2.05, 4.69) is 29.6 Å². The highest BCUT2D eigenvalue weighted by atomic mass is 16.2. The van der Waals surface area contributed by atoms with Crippen molar-refractivity contribution < 1.29 is 14.4 Å². The van der Waals surface area contributed by atoms with Crippen molar-refractivity contribution in [2.75, 3.05) is 13.1 Å². The van der Waals surface area contributed by atoms with E-state index in [1.807, 2.05) is 11.0 Å². The molecule has 28 heavy (non-hydrogen) atoms. The molecule has 2 saturated heterocycles. The summed E-state index contributed by atoms with van der Waals surface area (Å²) in [7, 11) is 0. The van der Waals surface area contributed by atoms with Crippen LogP contribution in [0.5, 0.6) is 0 Å². The lowest BCUT2D eigenvalue weighted by Gasteiger charge is -2.29. The predicted octanol–water partition coefficient (Wildman–Crippen LogP) is 3.04. The highest BCUT2D eigenvalue weighted by Gasteiger charge is 2.54. The Kier molecular flexibility index (Phi) is 5.13. The van der Waals surface area contributed by atoms with Gasteiger partial charge in [0.15, 0.2) is 0 Å². The SMILES string of the molecule is C[C@H](C(=O)N1CCC[C@@H](c2ccccc2)CC1)N1C(=O)NC2(CCCC2)C1=O. The zero-order valence-electron chi connectivity index (χ0n) is 16.5. The summed E-state index contributed by atoms with van der Waals surface area (Å²) in [6.45, 7) is 3.03. The molecule has 1 spiro atoms. The summed E-state index contributed by atoms with van der Waals surface area (Å²) in [4.78, 5) is 41.6. The van der Waals surface area contributed by atoms with Gasteiger partial charge in [-0.2, -0.15) is 0 Å². The number of amides is 4. The molecule has 3 fully saturated rings. The highest BCUT2D eigenvalue weighted by Crippen LogP contribution is 2.36. The van der Waals surface area contributed by atoms with Gasteiger partial charge in [0, 0.05) is 13.1 Å². The third kappa shape index (κ3) is 3.29. The molecule has 1 N–H and O–H groups in total. The number of carbonyl (C=O) groups is 3. The molecule has 1 aromatic carbocycles. The van der Waals surface area contributed by atoms with Crippen LogP contribution >= 0.6 is 0 Å². The van der Waals surface area contributed by atoms with Crippen LogP contribution in [0.3, 0.4) is 0 Å². The number of benzene rings is 1. The lowest BCUT2D eigenvalue weighted by atomic mass is 9.92. The maximum atomic E-state index is 13.1. The highest BCUT2D eigenvalue weighted by molar-refractivity contribution is 6.09. The van der Waals surface area contributed by atoms with Gasteiger partial charge in [0.2, 0.25) is 5.91 Å². The Morgan fingerprint density at radius 1 is 1.07 bits per heavy atom. The summed E-state index contributed by atoms with van der Waals surface area (Å²) < 4.78 is 0. The molecule has 0 bridgehead atoms. The third-order valence-corrected chi connectivity index (χ3v) is 6.71. The molecule has 0 aromatic heterocycles. The number of nitrogens with zero attached hydrogens (tertiary/aromatic N) is 2. The number of urea groups is 1. The smallest absolute Gasteiger partial charge is 0.325 e. The van der Waals surface area contributed by atoms with Crippen LogP contribution in [0, 0.1) is 0 Å². The second-order valence-electron chi connectivity index (χ2n) is 8.43. The number of nitrogens with one attached hydrogen (secondary N) is 1. The van der Waals surface area contributed by atoms with Gasteiger partial charge >= 0.3 is 6.03 Å². The van der Waals surface area contributed by atoms with Gasteiger partial charge in [-0.3, -0.25) is 9.59 Å². The summed E-state index contributed by atoms with van der Waals surface area (Å²) in [5.74, 6) is 0.118. The predicted molar refractivity (Wildman–Crippen MR) is 106 cm³/mol. The van der Waals surface area contributed by atoms with Crippen LogP contribution in [0.4, 0.5) is 4.79 Å². The second kappa shape index (κ2) is 7.57. The maximum absolute atomic E-state index is 13.1. The number of carbonyl (C=O) groups excluding carboxylic acids is 3. The normalized spacial score (nSPS) is 25.7. The lowest BCUT2D eigenvalue weighted by Crippen LogP contribution is -2.51. The summed E-state index contributed by atoms with van der Waals surface area (Å²) in [5.41, 5.74) is 0.560. The summed E-state index contributed by atoms with van der Waals surface area (Å²) in [6, 6.07) is 9.28. The minimum absolute atomic E-state index is 0.118. The fraction of sp³-hybridized carbons (Fsp3) is 0.591. The average molecular weight is 383 g/mol. The van der Waals surface area contributed by atoms with E-state index >= 15 is 0 Å². The molecule has 1 aliphatic carbocycles. The Labute approximate surface area is 166 Å². The molecule has 2 atom stereocenters. The van der Waals surface area contributed by atoms with E-state index in [4.69, 9.17) is 0 Å². The van der Waals surface area contributed by atoms with Crippen LogP contribution in [-0.2, 0) is 9.59 Å². The van der Waals surface area contributed by atoms with Gasteiger partial charge in [-0.1, -0.05) is 43.2 Å². The van der Waals surface area contributed by atoms with E-state index in [-0.39, 0.29) is 11.8 Å². The molecule has 1 saturated carbocycles. The standard InChI is InChI=1S/C22H29N3O3/c1-16(25-20(27)22(23-21(25)28)12-5-6-13-22)19(26)24-14-7-10-18(11-15-24)17-8-3-2-4-9-17/h2-4,8-9,16,18H,5-7,10-15H2,1H3,(H,23,28)/t16-,18-/m1/s1. The summed E-state index contributed by atoms with van der Waals surface area (Å²) in [5, 5.41) is 2.88. The number of imide groups is 1. The first-order valence-corrected chi connectivity index (χ1v) is 10.5. The van der Waals surface area contributed by atoms with Gasteiger partial charge in [-0.25, -0.2) is 9.69 Å². The largest absolute Gasteiger partial charge is 0.341 e. The first-order chi connectivity index (χ1) is 13.5. The molecule has 4 amide bonds. The molecule has 3 aliphatic rings. The van der Waals surface area contributed by atoms with Crippen LogP contribution in [0.1, 0.15) is 63.4 Å². The van der Waals surface area contributed by atoms with Crippen LogP contribution < -0.4 is 5.32 Å². The minimum Gasteiger partial charge on any atom is -0.341 e. The van der Waals surface area contributed by atoms with Crippen molar-refractivity contribution >= 4 is 17.8 Å². The van der Waals surface area contributed by atoms with Crippen LogP contribution in [0.25, 0.3) is 0 Å². The Balaban J connectivity index is 1.43. The van der Waals surface area contributed by atoms with Crippen molar-refractivity contribution in [3.05, 3.63) is 35.9 Å². The Morgan fingerprint density at radius 3 is 2.50 bits per heavy atom. The van der Waals surface area contributed by atoms with E-state index in [1.54, 1.807) is 6.92 Å². The molecule has 1 aromatic rings. The maximum Gasteiger partial charge on any atom is 0.325 e. The van der Waals surface area contributed by atoms with E-state index in [1.165, 1.54) is 10.5 Å². The topological polar surface area (TPSA) is 69.7 Å². The zero-order chi connectivity index (χ0) is 19.7. The first kappa shape index (κ1) is 19.0. The molecule has 4 rings (SSSR count). The number of likely N-dealkylation sites (tertiary alicyclic amines) is 1. The third-order valence-electron chi connectivity index (χ3n) is 6.71. The van der Waals surface area contributed by atoms with E-state index in [9.17, 15) is 14.4 Å². The fourth-order valence-electron chi connectivity index (χ4n) is 5.06. The Hall–Kier alpha value is -2.37. The molecule has 2 aliphatic heterocycles.